The van der Waals surface area contributed by atoms with Crippen molar-refractivity contribution in [3.63, 3.8) is 0 Å². The summed E-state index contributed by atoms with van der Waals surface area (Å²) >= 11 is 1.26. The number of amides is 1. The molecule has 0 saturated heterocycles. The molecule has 1 aromatic rings. The normalized spacial score (nSPS) is 13.4. The first kappa shape index (κ1) is 13.9. The van der Waals surface area contributed by atoms with E-state index in [-0.39, 0.29) is 5.91 Å². The van der Waals surface area contributed by atoms with Crippen molar-refractivity contribution in [2.75, 3.05) is 12.3 Å². The van der Waals surface area contributed by atoms with Gasteiger partial charge in [-0.1, -0.05) is 11.3 Å². The number of hydrogen-bond acceptors (Lipinski definition) is 6. The molecule has 17 heavy (non-hydrogen) atoms. The minimum atomic E-state index is -0.599. The molecule has 3 N–H and O–H groups in total. The highest BCUT2D eigenvalue weighted by Crippen LogP contribution is 2.24. The SMILES string of the molecule is CCO[C@@H](C)C(=O)NC(C)(C)c1nnc(N)s1. The Hall–Kier alpha value is -1.21. The summed E-state index contributed by atoms with van der Waals surface area (Å²) in [6, 6.07) is 0. The Morgan fingerprint density at radius 1 is 1.59 bits per heavy atom. The van der Waals surface area contributed by atoms with E-state index in [9.17, 15) is 4.79 Å². The lowest BCUT2D eigenvalue weighted by Gasteiger charge is -2.25. The molecule has 6 nitrogen and oxygen atoms in total. The fourth-order valence-electron chi connectivity index (χ4n) is 1.28. The summed E-state index contributed by atoms with van der Waals surface area (Å²) in [5, 5.41) is 11.6. The molecule has 0 spiro atoms. The van der Waals surface area contributed by atoms with Crippen LogP contribution in [0.15, 0.2) is 0 Å². The molecule has 1 heterocycles. The molecule has 1 aromatic heterocycles. The van der Waals surface area contributed by atoms with Crippen molar-refractivity contribution in [1.29, 1.82) is 0 Å². The van der Waals surface area contributed by atoms with Gasteiger partial charge in [-0.2, -0.15) is 0 Å². The fraction of sp³-hybridized carbons (Fsp3) is 0.700. The molecule has 1 amide bonds. The number of aromatic nitrogens is 2. The van der Waals surface area contributed by atoms with E-state index in [1.54, 1.807) is 6.92 Å². The Balaban J connectivity index is 2.69. The quantitative estimate of drug-likeness (QED) is 0.818. The third-order valence-corrected chi connectivity index (χ3v) is 3.27. The highest BCUT2D eigenvalue weighted by Gasteiger charge is 2.29. The minimum Gasteiger partial charge on any atom is -0.374 e. The second kappa shape index (κ2) is 5.42. The van der Waals surface area contributed by atoms with E-state index in [1.807, 2.05) is 20.8 Å². The molecule has 0 fully saturated rings. The predicted octanol–water partition coefficient (Wildman–Crippen LogP) is 0.897. The third-order valence-electron chi connectivity index (χ3n) is 2.20. The zero-order valence-electron chi connectivity index (χ0n) is 10.5. The molecule has 1 atom stereocenters. The first-order valence-electron chi connectivity index (χ1n) is 5.40. The molecule has 0 unspecified atom stereocenters. The van der Waals surface area contributed by atoms with Crippen molar-refractivity contribution in [1.82, 2.24) is 15.5 Å². The van der Waals surface area contributed by atoms with E-state index in [2.05, 4.69) is 15.5 Å². The predicted molar refractivity (Wildman–Crippen MR) is 66.6 cm³/mol. The summed E-state index contributed by atoms with van der Waals surface area (Å²) < 4.78 is 5.22. The average molecular weight is 258 g/mol. The van der Waals surface area contributed by atoms with Gasteiger partial charge in [0.2, 0.25) is 11.0 Å². The van der Waals surface area contributed by atoms with Crippen LogP contribution in [-0.2, 0) is 15.1 Å². The smallest absolute Gasteiger partial charge is 0.249 e. The van der Waals surface area contributed by atoms with E-state index >= 15 is 0 Å². The van der Waals surface area contributed by atoms with Crippen molar-refractivity contribution >= 4 is 22.4 Å². The summed E-state index contributed by atoms with van der Waals surface area (Å²) in [4.78, 5) is 11.8. The van der Waals surface area contributed by atoms with Crippen LogP contribution in [-0.4, -0.2) is 28.8 Å². The van der Waals surface area contributed by atoms with Crippen LogP contribution >= 0.6 is 11.3 Å². The van der Waals surface area contributed by atoms with Gasteiger partial charge >= 0.3 is 0 Å². The second-order valence-corrected chi connectivity index (χ2v) is 5.17. The lowest BCUT2D eigenvalue weighted by molar-refractivity contribution is -0.133. The fourth-order valence-corrected chi connectivity index (χ4v) is 1.94. The number of hydrogen-bond donors (Lipinski definition) is 2. The number of nitrogens with two attached hydrogens (primary N) is 1. The number of carbonyl (C=O) groups excluding carboxylic acids is 1. The number of ether oxygens (including phenoxy) is 1. The van der Waals surface area contributed by atoms with Crippen LogP contribution in [0.25, 0.3) is 0 Å². The van der Waals surface area contributed by atoms with Gasteiger partial charge in [0.25, 0.3) is 0 Å². The van der Waals surface area contributed by atoms with Crippen molar-refractivity contribution < 1.29 is 9.53 Å². The van der Waals surface area contributed by atoms with Crippen LogP contribution in [0.1, 0.15) is 32.7 Å². The van der Waals surface area contributed by atoms with Gasteiger partial charge in [-0.3, -0.25) is 4.79 Å². The Morgan fingerprint density at radius 2 is 2.24 bits per heavy atom. The number of anilines is 1. The number of carbonyl (C=O) groups is 1. The maximum atomic E-state index is 11.8. The standard InChI is InChI=1S/C10H18N4O2S/c1-5-16-6(2)7(15)12-10(3,4)8-13-14-9(11)17-8/h6H,5H2,1-4H3,(H2,11,14)(H,12,15)/t6-/m0/s1. The van der Waals surface area contributed by atoms with Crippen LogP contribution in [0.3, 0.4) is 0 Å². The van der Waals surface area contributed by atoms with Gasteiger partial charge in [0.15, 0.2) is 0 Å². The maximum absolute atomic E-state index is 11.8. The van der Waals surface area contributed by atoms with E-state index in [0.717, 1.165) is 0 Å². The summed E-state index contributed by atoms with van der Waals surface area (Å²) in [6.45, 7) is 7.76. The van der Waals surface area contributed by atoms with Crippen LogP contribution in [0.4, 0.5) is 5.13 Å². The van der Waals surface area contributed by atoms with Crippen molar-refractivity contribution in [2.24, 2.45) is 0 Å². The first-order chi connectivity index (χ1) is 7.86. The van der Waals surface area contributed by atoms with Gasteiger partial charge in [-0.05, 0) is 27.7 Å². The van der Waals surface area contributed by atoms with Crippen molar-refractivity contribution in [3.8, 4) is 0 Å². The Morgan fingerprint density at radius 3 is 2.71 bits per heavy atom. The Labute approximate surface area is 105 Å². The molecular weight excluding hydrogens is 240 g/mol. The molecule has 0 saturated carbocycles. The molecule has 0 aromatic carbocycles. The van der Waals surface area contributed by atoms with E-state index in [4.69, 9.17) is 10.5 Å². The lowest BCUT2D eigenvalue weighted by atomic mass is 10.1. The first-order valence-corrected chi connectivity index (χ1v) is 6.21. The van der Waals surface area contributed by atoms with Gasteiger partial charge in [0, 0.05) is 6.61 Å². The number of nitrogens with zero attached hydrogens (tertiary/aromatic N) is 2. The van der Waals surface area contributed by atoms with Gasteiger partial charge in [-0.15, -0.1) is 10.2 Å². The zero-order chi connectivity index (χ0) is 13.1. The third kappa shape index (κ3) is 3.64. The molecule has 96 valence electrons. The van der Waals surface area contributed by atoms with Gasteiger partial charge in [0.05, 0.1) is 5.54 Å². The topological polar surface area (TPSA) is 90.1 Å². The van der Waals surface area contributed by atoms with Crippen molar-refractivity contribution in [2.45, 2.75) is 39.3 Å². The van der Waals surface area contributed by atoms with E-state index < -0.39 is 11.6 Å². The highest BCUT2D eigenvalue weighted by atomic mass is 32.1. The average Bonchev–Trinajstić information content (AvgIpc) is 2.65. The maximum Gasteiger partial charge on any atom is 0.249 e. The van der Waals surface area contributed by atoms with Crippen LogP contribution in [0.2, 0.25) is 0 Å². The van der Waals surface area contributed by atoms with E-state index in [1.165, 1.54) is 11.3 Å². The Bertz CT molecular complexity index is 391. The molecule has 7 heteroatoms. The molecule has 1 rings (SSSR count). The molecule has 0 bridgehead atoms. The number of nitrogen functional groups attached to an aromatic ring is 1. The molecular formula is C10H18N4O2S. The molecule has 0 aliphatic heterocycles. The minimum absolute atomic E-state index is 0.175. The van der Waals surface area contributed by atoms with Crippen LogP contribution < -0.4 is 11.1 Å². The van der Waals surface area contributed by atoms with Gasteiger partial charge in [0.1, 0.15) is 11.1 Å². The number of rotatable bonds is 5. The zero-order valence-corrected chi connectivity index (χ0v) is 11.3. The molecule has 0 aliphatic rings. The largest absolute Gasteiger partial charge is 0.374 e. The molecule has 0 aliphatic carbocycles. The summed E-state index contributed by atoms with van der Waals surface area (Å²) in [5.41, 5.74) is 4.92. The second-order valence-electron chi connectivity index (χ2n) is 4.16. The lowest BCUT2D eigenvalue weighted by Crippen LogP contribution is -2.45. The molecule has 0 radical (unpaired) electrons. The van der Waals surface area contributed by atoms with Crippen LogP contribution in [0, 0.1) is 0 Å². The van der Waals surface area contributed by atoms with E-state index in [0.29, 0.717) is 16.7 Å². The van der Waals surface area contributed by atoms with Gasteiger partial charge < -0.3 is 15.8 Å². The highest BCUT2D eigenvalue weighted by molar-refractivity contribution is 7.15. The monoisotopic (exact) mass is 258 g/mol. The summed E-state index contributed by atoms with van der Waals surface area (Å²) in [7, 11) is 0. The van der Waals surface area contributed by atoms with Crippen molar-refractivity contribution in [3.05, 3.63) is 5.01 Å². The summed E-state index contributed by atoms with van der Waals surface area (Å²) in [5.74, 6) is -0.175. The summed E-state index contributed by atoms with van der Waals surface area (Å²) in [6.07, 6.45) is -0.482. The Kier molecular flexibility index (Phi) is 4.41. The number of nitrogens with one attached hydrogen (secondary N) is 1. The van der Waals surface area contributed by atoms with Gasteiger partial charge in [-0.25, -0.2) is 0 Å². The van der Waals surface area contributed by atoms with Crippen LogP contribution in [0.5, 0.6) is 0 Å².